The van der Waals surface area contributed by atoms with Crippen LogP contribution in [0.2, 0.25) is 0 Å². The fraction of sp³-hybridized carbons (Fsp3) is 0.333. The molecule has 1 amide bonds. The lowest BCUT2D eigenvalue weighted by Crippen LogP contribution is -2.58. The van der Waals surface area contributed by atoms with E-state index in [1.54, 1.807) is 24.5 Å². The summed E-state index contributed by atoms with van der Waals surface area (Å²) in [6.45, 7) is 0.132. The number of H-pyrrole nitrogens is 1. The number of carboxylic acid groups (broad SMARTS) is 1. The second-order valence-corrected chi connectivity index (χ2v) is 6.40. The number of likely N-dealkylation sites (tertiary alicyclic amines) is 1. The first-order valence-electron chi connectivity index (χ1n) is 8.00. The third kappa shape index (κ3) is 3.28. The molecule has 1 aliphatic heterocycles. The summed E-state index contributed by atoms with van der Waals surface area (Å²) in [5, 5.41) is 20.3. The molecule has 0 bridgehead atoms. The van der Waals surface area contributed by atoms with E-state index in [4.69, 9.17) is 0 Å². The Morgan fingerprint density at radius 1 is 1.36 bits per heavy atom. The Balaban J connectivity index is 1.90. The van der Waals surface area contributed by atoms with Gasteiger partial charge < -0.3 is 20.1 Å². The second kappa shape index (κ2) is 6.68. The van der Waals surface area contributed by atoms with Crippen LogP contribution in [0.25, 0.3) is 0 Å². The number of piperidine rings is 1. The topological polar surface area (TPSA) is 93.6 Å². The van der Waals surface area contributed by atoms with Gasteiger partial charge in [0.15, 0.2) is 0 Å². The maximum Gasteiger partial charge on any atom is 0.314 e. The van der Waals surface area contributed by atoms with E-state index in [-0.39, 0.29) is 31.8 Å². The van der Waals surface area contributed by atoms with Crippen LogP contribution in [0, 0.1) is 11.2 Å². The number of aromatic nitrogens is 1. The minimum Gasteiger partial charge on any atom is -0.481 e. The van der Waals surface area contributed by atoms with E-state index in [1.165, 1.54) is 23.1 Å². The standard InChI is InChI=1S/C18H19FN2O4/c19-14-3-1-2-12(8-14)9-18(17(24)25)11-21(7-5-15(18)22)16(23)13-4-6-20-10-13/h1-4,6,8,10,15,20,22H,5,7,9,11H2,(H,24,25)/t15-,18+/m0/s1. The molecule has 2 atom stereocenters. The number of amides is 1. The molecule has 1 aliphatic rings. The van der Waals surface area contributed by atoms with Crippen LogP contribution in [0.1, 0.15) is 22.3 Å². The lowest BCUT2D eigenvalue weighted by Gasteiger charge is -2.43. The van der Waals surface area contributed by atoms with Crippen molar-refractivity contribution in [2.24, 2.45) is 5.41 Å². The fourth-order valence-corrected chi connectivity index (χ4v) is 3.36. The largest absolute Gasteiger partial charge is 0.481 e. The van der Waals surface area contributed by atoms with Gasteiger partial charge in [0, 0.05) is 25.5 Å². The van der Waals surface area contributed by atoms with Crippen LogP contribution >= 0.6 is 0 Å². The zero-order valence-corrected chi connectivity index (χ0v) is 13.5. The van der Waals surface area contributed by atoms with Crippen LogP contribution < -0.4 is 0 Å². The Hall–Kier alpha value is -2.67. The zero-order valence-electron chi connectivity index (χ0n) is 13.5. The van der Waals surface area contributed by atoms with Gasteiger partial charge in [0.05, 0.1) is 11.7 Å². The molecule has 1 aromatic carbocycles. The molecule has 6 nitrogen and oxygen atoms in total. The predicted molar refractivity (Wildman–Crippen MR) is 87.5 cm³/mol. The fourth-order valence-electron chi connectivity index (χ4n) is 3.36. The van der Waals surface area contributed by atoms with E-state index < -0.39 is 23.3 Å². The number of nitrogens with zero attached hydrogens (tertiary/aromatic N) is 1. The molecule has 132 valence electrons. The summed E-state index contributed by atoms with van der Waals surface area (Å²) in [4.78, 5) is 28.8. The van der Waals surface area contributed by atoms with Crippen molar-refractivity contribution in [2.75, 3.05) is 13.1 Å². The summed E-state index contributed by atoms with van der Waals surface area (Å²) < 4.78 is 13.5. The molecule has 1 saturated heterocycles. The van der Waals surface area contributed by atoms with E-state index in [2.05, 4.69) is 4.98 Å². The van der Waals surface area contributed by atoms with Crippen molar-refractivity contribution in [3.05, 3.63) is 59.7 Å². The molecule has 1 fully saturated rings. The molecule has 2 aromatic rings. The van der Waals surface area contributed by atoms with E-state index in [9.17, 15) is 24.2 Å². The molecule has 2 heterocycles. The van der Waals surface area contributed by atoms with Gasteiger partial charge in [-0.2, -0.15) is 0 Å². The molecule has 0 unspecified atom stereocenters. The zero-order chi connectivity index (χ0) is 18.0. The number of aliphatic hydroxyl groups is 1. The number of carbonyl (C=O) groups is 2. The number of aromatic amines is 1. The van der Waals surface area contributed by atoms with Crippen molar-refractivity contribution in [2.45, 2.75) is 18.9 Å². The summed E-state index contributed by atoms with van der Waals surface area (Å²) >= 11 is 0. The van der Waals surface area contributed by atoms with Gasteiger partial charge in [0.2, 0.25) is 0 Å². The van der Waals surface area contributed by atoms with Crippen molar-refractivity contribution < 1.29 is 24.2 Å². The van der Waals surface area contributed by atoms with E-state index >= 15 is 0 Å². The quantitative estimate of drug-likeness (QED) is 0.785. The summed E-state index contributed by atoms with van der Waals surface area (Å²) in [7, 11) is 0. The van der Waals surface area contributed by atoms with Gasteiger partial charge in [0.1, 0.15) is 11.2 Å². The molecule has 7 heteroatoms. The number of aliphatic carboxylic acids is 1. The molecule has 3 rings (SSSR count). The average Bonchev–Trinajstić information content (AvgIpc) is 3.10. The molecule has 1 aromatic heterocycles. The van der Waals surface area contributed by atoms with E-state index in [0.29, 0.717) is 11.1 Å². The second-order valence-electron chi connectivity index (χ2n) is 6.40. The molecule has 0 saturated carbocycles. The summed E-state index contributed by atoms with van der Waals surface area (Å²) in [6, 6.07) is 7.26. The first-order chi connectivity index (χ1) is 11.9. The molecular weight excluding hydrogens is 327 g/mol. The van der Waals surface area contributed by atoms with E-state index in [1.807, 2.05) is 0 Å². The maximum atomic E-state index is 13.5. The van der Waals surface area contributed by atoms with Gasteiger partial charge in [0.25, 0.3) is 5.91 Å². The van der Waals surface area contributed by atoms with Gasteiger partial charge in [-0.15, -0.1) is 0 Å². The lowest BCUT2D eigenvalue weighted by atomic mass is 9.72. The van der Waals surface area contributed by atoms with Gasteiger partial charge in [-0.25, -0.2) is 4.39 Å². The Morgan fingerprint density at radius 2 is 2.16 bits per heavy atom. The number of carbonyl (C=O) groups excluding carboxylic acids is 1. The average molecular weight is 346 g/mol. The first kappa shape index (κ1) is 17.2. The van der Waals surface area contributed by atoms with Crippen molar-refractivity contribution >= 4 is 11.9 Å². The van der Waals surface area contributed by atoms with Crippen LogP contribution in [0.15, 0.2) is 42.7 Å². The van der Waals surface area contributed by atoms with Gasteiger partial charge in [-0.05, 0) is 36.6 Å². The smallest absolute Gasteiger partial charge is 0.314 e. The van der Waals surface area contributed by atoms with Crippen LogP contribution in [-0.4, -0.2) is 51.2 Å². The number of rotatable bonds is 4. The van der Waals surface area contributed by atoms with Crippen molar-refractivity contribution in [3.63, 3.8) is 0 Å². The SMILES string of the molecule is O=C(c1cc[nH]c1)N1CC[C@H](O)[C@](Cc2cccc(F)c2)(C(=O)O)C1. The molecule has 0 spiro atoms. The Bertz CT molecular complexity index is 777. The number of halogens is 1. The Kier molecular flexibility index (Phi) is 4.59. The number of aliphatic hydroxyl groups excluding tert-OH is 1. The van der Waals surface area contributed by atoms with Crippen LogP contribution in [0.4, 0.5) is 4.39 Å². The summed E-state index contributed by atoms with van der Waals surface area (Å²) in [6.07, 6.45) is 2.13. The van der Waals surface area contributed by atoms with Gasteiger partial charge >= 0.3 is 5.97 Å². The molecule has 25 heavy (non-hydrogen) atoms. The highest BCUT2D eigenvalue weighted by Crippen LogP contribution is 2.35. The number of carboxylic acids is 1. The van der Waals surface area contributed by atoms with Crippen molar-refractivity contribution in [1.82, 2.24) is 9.88 Å². The number of hydrogen-bond donors (Lipinski definition) is 3. The maximum absolute atomic E-state index is 13.5. The monoisotopic (exact) mass is 346 g/mol. The number of hydrogen-bond acceptors (Lipinski definition) is 3. The van der Waals surface area contributed by atoms with Gasteiger partial charge in [-0.3, -0.25) is 9.59 Å². The number of nitrogens with one attached hydrogen (secondary N) is 1. The first-order valence-corrected chi connectivity index (χ1v) is 8.00. The van der Waals surface area contributed by atoms with Crippen molar-refractivity contribution in [3.8, 4) is 0 Å². The third-order valence-electron chi connectivity index (χ3n) is 4.75. The Morgan fingerprint density at radius 3 is 2.80 bits per heavy atom. The Labute approximate surface area is 143 Å². The van der Waals surface area contributed by atoms with Crippen LogP contribution in [0.5, 0.6) is 0 Å². The minimum atomic E-state index is -1.57. The molecular formula is C18H19FN2O4. The normalized spacial score (nSPS) is 23.4. The van der Waals surface area contributed by atoms with E-state index in [0.717, 1.165) is 0 Å². The number of benzene rings is 1. The van der Waals surface area contributed by atoms with Crippen LogP contribution in [0.3, 0.4) is 0 Å². The minimum absolute atomic E-state index is 0.0574. The highest BCUT2D eigenvalue weighted by Gasteiger charge is 2.50. The molecule has 0 aliphatic carbocycles. The summed E-state index contributed by atoms with van der Waals surface area (Å²) in [5.74, 6) is -1.96. The predicted octanol–water partition coefficient (Wildman–Crippen LogP) is 1.67. The summed E-state index contributed by atoms with van der Waals surface area (Å²) in [5.41, 5.74) is -0.670. The highest BCUT2D eigenvalue weighted by atomic mass is 19.1. The highest BCUT2D eigenvalue weighted by molar-refractivity contribution is 5.94. The van der Waals surface area contributed by atoms with Crippen LogP contribution in [-0.2, 0) is 11.2 Å². The third-order valence-corrected chi connectivity index (χ3v) is 4.75. The lowest BCUT2D eigenvalue weighted by molar-refractivity contribution is -0.161. The molecule has 0 radical (unpaired) electrons. The molecule has 3 N–H and O–H groups in total. The van der Waals surface area contributed by atoms with Gasteiger partial charge in [-0.1, -0.05) is 12.1 Å². The van der Waals surface area contributed by atoms with Crippen molar-refractivity contribution in [1.29, 1.82) is 0 Å².